The highest BCUT2D eigenvalue weighted by atomic mass is 35.5. The first-order valence-corrected chi connectivity index (χ1v) is 8.59. The monoisotopic (exact) mass is 395 g/mol. The van der Waals surface area contributed by atoms with Crippen LogP contribution in [0.25, 0.3) is 0 Å². The van der Waals surface area contributed by atoms with Crippen molar-refractivity contribution < 1.29 is 4.79 Å². The summed E-state index contributed by atoms with van der Waals surface area (Å²) in [5.41, 5.74) is 10.5. The number of amides is 1. The van der Waals surface area contributed by atoms with E-state index in [4.69, 9.17) is 5.73 Å². The predicted octanol–water partition coefficient (Wildman–Crippen LogP) is 4.16. The first kappa shape index (κ1) is 22.3. The minimum absolute atomic E-state index is 0. The maximum absolute atomic E-state index is 11.8. The van der Waals surface area contributed by atoms with E-state index >= 15 is 0 Å². The van der Waals surface area contributed by atoms with Crippen molar-refractivity contribution in [1.29, 1.82) is 0 Å². The van der Waals surface area contributed by atoms with Crippen LogP contribution >= 0.6 is 24.8 Å². The Kier molecular flexibility index (Phi) is 8.93. The number of anilines is 2. The normalized spacial score (nSPS) is 13.2. The second kappa shape index (κ2) is 10.4. The van der Waals surface area contributed by atoms with E-state index in [0.29, 0.717) is 12.8 Å². The topological polar surface area (TPSA) is 58.4 Å². The molecular formula is C20H27Cl2N3O. The Morgan fingerprint density at radius 1 is 1.15 bits per heavy atom. The van der Waals surface area contributed by atoms with Crippen LogP contribution in [0.15, 0.2) is 48.5 Å². The summed E-state index contributed by atoms with van der Waals surface area (Å²) in [5.74, 6) is 0.0218. The summed E-state index contributed by atoms with van der Waals surface area (Å²) >= 11 is 0. The van der Waals surface area contributed by atoms with Crippen molar-refractivity contribution in [3.63, 3.8) is 0 Å². The molecule has 1 unspecified atom stereocenters. The van der Waals surface area contributed by atoms with E-state index in [0.717, 1.165) is 25.2 Å². The van der Waals surface area contributed by atoms with Gasteiger partial charge in [-0.3, -0.25) is 4.79 Å². The number of hydrogen-bond acceptors (Lipinski definition) is 3. The summed E-state index contributed by atoms with van der Waals surface area (Å²) in [6, 6.07) is 16.8. The van der Waals surface area contributed by atoms with Crippen molar-refractivity contribution in [1.82, 2.24) is 0 Å². The van der Waals surface area contributed by atoms with Crippen LogP contribution in [-0.4, -0.2) is 18.5 Å². The molecule has 6 heteroatoms. The maximum Gasteiger partial charge on any atom is 0.224 e. The zero-order chi connectivity index (χ0) is 16.9. The average Bonchev–Trinajstić information content (AvgIpc) is 2.98. The molecule has 1 amide bonds. The molecular weight excluding hydrogens is 369 g/mol. The van der Waals surface area contributed by atoms with Gasteiger partial charge in [0.15, 0.2) is 0 Å². The number of nitrogens with one attached hydrogen (secondary N) is 1. The highest BCUT2D eigenvalue weighted by Crippen LogP contribution is 2.28. The third-order valence-electron chi connectivity index (χ3n) is 4.42. The van der Waals surface area contributed by atoms with Crippen molar-refractivity contribution in [2.45, 2.75) is 38.8 Å². The summed E-state index contributed by atoms with van der Waals surface area (Å²) in [4.78, 5) is 14.3. The van der Waals surface area contributed by atoms with E-state index in [2.05, 4.69) is 46.6 Å². The molecule has 1 atom stereocenters. The highest BCUT2D eigenvalue weighted by molar-refractivity contribution is 5.90. The van der Waals surface area contributed by atoms with Gasteiger partial charge < -0.3 is 16.0 Å². The molecule has 1 aliphatic heterocycles. The van der Waals surface area contributed by atoms with Gasteiger partial charge in [0.2, 0.25) is 5.91 Å². The molecule has 2 aromatic carbocycles. The molecule has 1 heterocycles. The van der Waals surface area contributed by atoms with Gasteiger partial charge in [-0.05, 0) is 49.1 Å². The lowest BCUT2D eigenvalue weighted by molar-refractivity contribution is -0.116. The van der Waals surface area contributed by atoms with Crippen LogP contribution in [0.5, 0.6) is 0 Å². The zero-order valence-corrected chi connectivity index (χ0v) is 16.6. The third kappa shape index (κ3) is 5.90. The van der Waals surface area contributed by atoms with Gasteiger partial charge in [0.05, 0.1) is 0 Å². The quantitative estimate of drug-likeness (QED) is 0.771. The molecule has 26 heavy (non-hydrogen) atoms. The first-order valence-electron chi connectivity index (χ1n) is 8.59. The van der Waals surface area contributed by atoms with Gasteiger partial charge >= 0.3 is 0 Å². The minimum Gasteiger partial charge on any atom is -0.367 e. The van der Waals surface area contributed by atoms with Crippen LogP contribution in [0.4, 0.5) is 11.4 Å². The van der Waals surface area contributed by atoms with Crippen molar-refractivity contribution in [2.24, 2.45) is 5.73 Å². The molecule has 1 aliphatic rings. The summed E-state index contributed by atoms with van der Waals surface area (Å²) in [6.45, 7) is 3.88. The van der Waals surface area contributed by atoms with Gasteiger partial charge in [-0.25, -0.2) is 0 Å². The summed E-state index contributed by atoms with van der Waals surface area (Å²) < 4.78 is 0. The molecule has 2 aromatic rings. The van der Waals surface area contributed by atoms with Crippen LogP contribution in [0, 0.1) is 0 Å². The molecule has 4 nitrogen and oxygen atoms in total. The number of nitrogens with zero attached hydrogens (tertiary/aromatic N) is 1. The molecule has 0 spiro atoms. The van der Waals surface area contributed by atoms with Gasteiger partial charge in [-0.15, -0.1) is 24.8 Å². The number of nitrogens with two attached hydrogens (primary N) is 1. The van der Waals surface area contributed by atoms with Gasteiger partial charge in [-0.2, -0.15) is 0 Å². The van der Waals surface area contributed by atoms with Crippen LogP contribution in [0.1, 0.15) is 30.9 Å². The molecule has 0 radical (unpaired) electrons. The van der Waals surface area contributed by atoms with E-state index in [-0.39, 0.29) is 36.8 Å². The molecule has 3 rings (SSSR count). The average molecular weight is 396 g/mol. The van der Waals surface area contributed by atoms with Crippen molar-refractivity contribution >= 4 is 42.1 Å². The number of carbonyl (C=O) groups is 1. The van der Waals surface area contributed by atoms with Crippen molar-refractivity contribution in [3.05, 3.63) is 59.7 Å². The maximum atomic E-state index is 11.8. The van der Waals surface area contributed by atoms with Crippen LogP contribution in [-0.2, 0) is 17.8 Å². The second-order valence-electron chi connectivity index (χ2n) is 6.56. The number of fused-ring (bicyclic) bond motifs is 1. The Morgan fingerprint density at radius 2 is 1.85 bits per heavy atom. The van der Waals surface area contributed by atoms with E-state index < -0.39 is 0 Å². The van der Waals surface area contributed by atoms with Crippen LogP contribution < -0.4 is 16.0 Å². The Bertz CT molecular complexity index is 704. The standard InChI is InChI=1S/C20H25N3O.2ClH/c1-15(21)6-11-20(24)22-18-9-7-16(8-10-18)14-23-13-12-17-4-2-3-5-19(17)23;;/h2-5,7-10,15H,6,11-14,21H2,1H3,(H,22,24);2*1H. The van der Waals surface area contributed by atoms with Crippen LogP contribution in [0.2, 0.25) is 0 Å². The summed E-state index contributed by atoms with van der Waals surface area (Å²) in [6.07, 6.45) is 2.28. The molecule has 0 aliphatic carbocycles. The lowest BCUT2D eigenvalue weighted by Crippen LogP contribution is -2.20. The van der Waals surface area contributed by atoms with E-state index in [1.54, 1.807) is 0 Å². The van der Waals surface area contributed by atoms with E-state index in [1.807, 2.05) is 19.1 Å². The molecule has 0 saturated carbocycles. The lowest BCUT2D eigenvalue weighted by atomic mass is 10.1. The largest absolute Gasteiger partial charge is 0.367 e. The number of para-hydroxylation sites is 1. The molecule has 142 valence electrons. The smallest absolute Gasteiger partial charge is 0.224 e. The molecule has 3 N–H and O–H groups in total. The van der Waals surface area contributed by atoms with Crippen molar-refractivity contribution in [2.75, 3.05) is 16.8 Å². The number of hydrogen-bond donors (Lipinski definition) is 2. The fourth-order valence-electron chi connectivity index (χ4n) is 3.07. The molecule has 0 aromatic heterocycles. The second-order valence-corrected chi connectivity index (χ2v) is 6.56. The third-order valence-corrected chi connectivity index (χ3v) is 4.42. The number of rotatable bonds is 6. The fourth-order valence-corrected chi connectivity index (χ4v) is 3.07. The Labute approximate surface area is 168 Å². The molecule has 0 saturated heterocycles. The zero-order valence-electron chi connectivity index (χ0n) is 15.0. The lowest BCUT2D eigenvalue weighted by Gasteiger charge is -2.19. The van der Waals surface area contributed by atoms with Gasteiger partial charge in [0, 0.05) is 36.9 Å². The molecule has 0 fully saturated rings. The summed E-state index contributed by atoms with van der Waals surface area (Å²) in [5, 5.41) is 2.93. The van der Waals surface area contributed by atoms with Crippen molar-refractivity contribution in [3.8, 4) is 0 Å². The predicted molar refractivity (Wildman–Crippen MR) is 114 cm³/mol. The van der Waals surface area contributed by atoms with Gasteiger partial charge in [0.25, 0.3) is 0 Å². The summed E-state index contributed by atoms with van der Waals surface area (Å²) in [7, 11) is 0. The van der Waals surface area contributed by atoms with E-state index in [1.165, 1.54) is 16.8 Å². The SMILES string of the molecule is CC(N)CCC(=O)Nc1ccc(CN2CCc3ccccc32)cc1.Cl.Cl. The number of halogens is 2. The van der Waals surface area contributed by atoms with Crippen LogP contribution in [0.3, 0.4) is 0 Å². The van der Waals surface area contributed by atoms with Gasteiger partial charge in [0.1, 0.15) is 0 Å². The highest BCUT2D eigenvalue weighted by Gasteiger charge is 2.18. The minimum atomic E-state index is 0. The Balaban J connectivity index is 0.00000169. The Morgan fingerprint density at radius 3 is 2.54 bits per heavy atom. The fraction of sp³-hybridized carbons (Fsp3) is 0.350. The number of benzene rings is 2. The first-order chi connectivity index (χ1) is 11.6. The number of carbonyl (C=O) groups excluding carboxylic acids is 1. The molecule has 0 bridgehead atoms. The van der Waals surface area contributed by atoms with Gasteiger partial charge in [-0.1, -0.05) is 30.3 Å². The Hall–Kier alpha value is -1.75. The van der Waals surface area contributed by atoms with E-state index in [9.17, 15) is 4.79 Å².